The minimum atomic E-state index is -0.772. The highest BCUT2D eigenvalue weighted by Crippen LogP contribution is 2.29. The number of aliphatic imine (C=N–C) groups is 1. The van der Waals surface area contributed by atoms with Crippen LogP contribution in [0.4, 0.5) is 0 Å². The van der Waals surface area contributed by atoms with E-state index in [1.807, 2.05) is 13.0 Å². The summed E-state index contributed by atoms with van der Waals surface area (Å²) in [5.41, 5.74) is 0.677. The quantitative estimate of drug-likeness (QED) is 0.409. The van der Waals surface area contributed by atoms with Gasteiger partial charge in [-0.1, -0.05) is 13.3 Å². The number of hydrogen-bond acceptors (Lipinski definition) is 5. The maximum Gasteiger partial charge on any atom is 0.191 e. The lowest BCUT2D eigenvalue weighted by Crippen LogP contribution is -2.48. The molecule has 0 aliphatic carbocycles. The van der Waals surface area contributed by atoms with Gasteiger partial charge in [-0.15, -0.1) is 0 Å². The number of aliphatic hydroxyl groups excluding tert-OH is 1. The number of aliphatic hydroxyl groups is 1. The maximum atomic E-state index is 10.7. The molecule has 1 aromatic rings. The molecule has 1 aliphatic heterocycles. The molecule has 0 amide bonds. The van der Waals surface area contributed by atoms with Crippen molar-refractivity contribution in [3.8, 4) is 11.5 Å². The van der Waals surface area contributed by atoms with Gasteiger partial charge in [0.1, 0.15) is 17.6 Å². The SMILES string of the molecule is CCCCN1CCC(NC(=NCC(O)c2cc(OC)ccc2OC)NCC)CC1. The summed E-state index contributed by atoms with van der Waals surface area (Å²) < 4.78 is 10.7. The molecule has 0 bridgehead atoms. The average Bonchev–Trinajstić information content (AvgIpc) is 2.76. The van der Waals surface area contributed by atoms with Crippen LogP contribution in [0.1, 0.15) is 51.2 Å². The van der Waals surface area contributed by atoms with Crippen LogP contribution in [0.25, 0.3) is 0 Å². The molecule has 7 nitrogen and oxygen atoms in total. The summed E-state index contributed by atoms with van der Waals surface area (Å²) in [5, 5.41) is 17.5. The lowest BCUT2D eigenvalue weighted by Gasteiger charge is -2.33. The Bertz CT molecular complexity index is 630. The Balaban J connectivity index is 1.95. The number of likely N-dealkylation sites (tertiary alicyclic amines) is 1. The Hall–Kier alpha value is -1.99. The van der Waals surface area contributed by atoms with Gasteiger partial charge in [-0.05, 0) is 50.9 Å². The number of rotatable bonds is 10. The monoisotopic (exact) mass is 406 g/mol. The molecule has 1 aromatic carbocycles. The van der Waals surface area contributed by atoms with E-state index in [1.54, 1.807) is 26.4 Å². The number of hydrogen-bond donors (Lipinski definition) is 3. The van der Waals surface area contributed by atoms with E-state index in [-0.39, 0.29) is 6.54 Å². The number of nitrogens with one attached hydrogen (secondary N) is 2. The molecule has 0 saturated carbocycles. The Morgan fingerprint density at radius 3 is 2.62 bits per heavy atom. The smallest absolute Gasteiger partial charge is 0.191 e. The van der Waals surface area contributed by atoms with E-state index in [2.05, 4.69) is 27.4 Å². The second kappa shape index (κ2) is 12.5. The fourth-order valence-corrected chi connectivity index (χ4v) is 3.57. The van der Waals surface area contributed by atoms with Crippen molar-refractivity contribution in [2.45, 2.75) is 51.7 Å². The van der Waals surface area contributed by atoms with Crippen molar-refractivity contribution in [3.05, 3.63) is 23.8 Å². The van der Waals surface area contributed by atoms with Crippen LogP contribution in [0.5, 0.6) is 11.5 Å². The summed E-state index contributed by atoms with van der Waals surface area (Å²) in [5.74, 6) is 2.06. The van der Waals surface area contributed by atoms with E-state index < -0.39 is 6.10 Å². The minimum absolute atomic E-state index is 0.244. The Morgan fingerprint density at radius 1 is 1.24 bits per heavy atom. The summed E-state index contributed by atoms with van der Waals surface area (Å²) in [6, 6.07) is 5.83. The molecule has 2 rings (SSSR count). The first-order chi connectivity index (χ1) is 14.1. The highest BCUT2D eigenvalue weighted by molar-refractivity contribution is 5.80. The van der Waals surface area contributed by atoms with Crippen LogP contribution in [0.15, 0.2) is 23.2 Å². The number of methoxy groups -OCH3 is 2. The molecule has 0 radical (unpaired) electrons. The van der Waals surface area contributed by atoms with Gasteiger partial charge in [-0.2, -0.15) is 0 Å². The number of guanidine groups is 1. The lowest BCUT2D eigenvalue weighted by atomic mass is 10.0. The molecule has 7 heteroatoms. The predicted octanol–water partition coefficient (Wildman–Crippen LogP) is 2.56. The third-order valence-corrected chi connectivity index (χ3v) is 5.32. The molecule has 164 valence electrons. The minimum Gasteiger partial charge on any atom is -0.497 e. The maximum absolute atomic E-state index is 10.7. The highest BCUT2D eigenvalue weighted by Gasteiger charge is 2.20. The van der Waals surface area contributed by atoms with E-state index >= 15 is 0 Å². The van der Waals surface area contributed by atoms with Crippen LogP contribution in [0.2, 0.25) is 0 Å². The molecular formula is C22H38N4O3. The van der Waals surface area contributed by atoms with Crippen molar-refractivity contribution in [2.75, 3.05) is 46.9 Å². The van der Waals surface area contributed by atoms with E-state index in [1.165, 1.54) is 19.4 Å². The summed E-state index contributed by atoms with van der Waals surface area (Å²) in [6.45, 7) is 8.76. The van der Waals surface area contributed by atoms with E-state index in [9.17, 15) is 5.11 Å². The van der Waals surface area contributed by atoms with Crippen LogP contribution < -0.4 is 20.1 Å². The zero-order chi connectivity index (χ0) is 21.1. The second-order valence-corrected chi connectivity index (χ2v) is 7.46. The van der Waals surface area contributed by atoms with Crippen LogP contribution in [0, 0.1) is 0 Å². The normalized spacial score (nSPS) is 17.1. The molecule has 1 fully saturated rings. The third-order valence-electron chi connectivity index (χ3n) is 5.32. The average molecular weight is 407 g/mol. The van der Waals surface area contributed by atoms with Crippen LogP contribution in [-0.2, 0) is 0 Å². The summed E-state index contributed by atoms with van der Waals surface area (Å²) in [4.78, 5) is 7.16. The Kier molecular flexibility index (Phi) is 10.1. The predicted molar refractivity (Wildman–Crippen MR) is 118 cm³/mol. The van der Waals surface area contributed by atoms with Gasteiger partial charge in [0.05, 0.1) is 20.8 Å². The molecule has 1 unspecified atom stereocenters. The van der Waals surface area contributed by atoms with Crippen molar-refractivity contribution < 1.29 is 14.6 Å². The summed E-state index contributed by atoms with van der Waals surface area (Å²) >= 11 is 0. The number of unbranched alkanes of at least 4 members (excludes halogenated alkanes) is 1. The molecule has 1 aliphatic rings. The molecule has 0 spiro atoms. The number of benzene rings is 1. The molecular weight excluding hydrogens is 368 g/mol. The topological polar surface area (TPSA) is 78.4 Å². The second-order valence-electron chi connectivity index (χ2n) is 7.46. The number of ether oxygens (including phenoxy) is 2. The molecule has 0 aromatic heterocycles. The van der Waals surface area contributed by atoms with Crippen molar-refractivity contribution in [2.24, 2.45) is 4.99 Å². The van der Waals surface area contributed by atoms with Crippen LogP contribution in [0.3, 0.4) is 0 Å². The fraction of sp³-hybridized carbons (Fsp3) is 0.682. The van der Waals surface area contributed by atoms with Crippen molar-refractivity contribution in [3.63, 3.8) is 0 Å². The largest absolute Gasteiger partial charge is 0.497 e. The standard InChI is InChI=1S/C22H38N4O3/c1-5-7-12-26-13-10-17(11-14-26)25-22(23-6-2)24-16-20(27)19-15-18(28-3)8-9-21(19)29-4/h8-9,15,17,20,27H,5-7,10-14,16H2,1-4H3,(H2,23,24,25). The zero-order valence-corrected chi connectivity index (χ0v) is 18.4. The third kappa shape index (κ3) is 7.40. The Morgan fingerprint density at radius 2 is 2.00 bits per heavy atom. The number of nitrogens with zero attached hydrogens (tertiary/aromatic N) is 2. The summed E-state index contributed by atoms with van der Waals surface area (Å²) in [6.07, 6.45) is 3.97. The fourth-order valence-electron chi connectivity index (χ4n) is 3.57. The van der Waals surface area contributed by atoms with Gasteiger partial charge in [0.15, 0.2) is 5.96 Å². The van der Waals surface area contributed by atoms with Gasteiger partial charge in [-0.3, -0.25) is 4.99 Å². The van der Waals surface area contributed by atoms with Crippen LogP contribution >= 0.6 is 0 Å². The lowest BCUT2D eigenvalue weighted by molar-refractivity contribution is 0.181. The molecule has 1 atom stereocenters. The van der Waals surface area contributed by atoms with Gasteiger partial charge in [0, 0.05) is 31.2 Å². The molecule has 1 heterocycles. The first kappa shape index (κ1) is 23.3. The van der Waals surface area contributed by atoms with Gasteiger partial charge >= 0.3 is 0 Å². The number of piperidine rings is 1. The van der Waals surface area contributed by atoms with Crippen LogP contribution in [-0.4, -0.2) is 69.0 Å². The molecule has 1 saturated heterocycles. The Labute approximate surface area is 175 Å². The van der Waals surface area contributed by atoms with E-state index in [0.717, 1.165) is 38.4 Å². The van der Waals surface area contributed by atoms with Gasteiger partial charge < -0.3 is 30.1 Å². The molecule has 3 N–H and O–H groups in total. The highest BCUT2D eigenvalue weighted by atomic mass is 16.5. The van der Waals surface area contributed by atoms with E-state index in [4.69, 9.17) is 9.47 Å². The van der Waals surface area contributed by atoms with Crippen molar-refractivity contribution >= 4 is 5.96 Å². The van der Waals surface area contributed by atoms with Gasteiger partial charge in [0.25, 0.3) is 0 Å². The zero-order valence-electron chi connectivity index (χ0n) is 18.4. The van der Waals surface area contributed by atoms with Gasteiger partial charge in [0.2, 0.25) is 0 Å². The van der Waals surface area contributed by atoms with E-state index in [0.29, 0.717) is 23.1 Å². The van der Waals surface area contributed by atoms with Crippen molar-refractivity contribution in [1.29, 1.82) is 0 Å². The first-order valence-corrected chi connectivity index (χ1v) is 10.8. The first-order valence-electron chi connectivity index (χ1n) is 10.8. The molecule has 29 heavy (non-hydrogen) atoms. The van der Waals surface area contributed by atoms with Gasteiger partial charge in [-0.25, -0.2) is 0 Å². The summed E-state index contributed by atoms with van der Waals surface area (Å²) in [7, 11) is 3.21. The van der Waals surface area contributed by atoms with Crippen molar-refractivity contribution in [1.82, 2.24) is 15.5 Å².